The molecule has 2 heterocycles. The van der Waals surface area contributed by atoms with Crippen molar-refractivity contribution in [3.05, 3.63) is 69.8 Å². The van der Waals surface area contributed by atoms with Crippen molar-refractivity contribution in [2.24, 2.45) is 0 Å². The van der Waals surface area contributed by atoms with Gasteiger partial charge >= 0.3 is 0 Å². The highest BCUT2D eigenvalue weighted by atomic mass is 35.5. The quantitative estimate of drug-likeness (QED) is 0.587. The monoisotopic (exact) mass is 464 g/mol. The molecule has 1 aliphatic rings. The zero-order chi connectivity index (χ0) is 21.5. The van der Waals surface area contributed by atoms with Gasteiger partial charge in [0.05, 0.1) is 24.0 Å². The van der Waals surface area contributed by atoms with Crippen molar-refractivity contribution in [1.82, 2.24) is 9.97 Å². The Labute approximate surface area is 184 Å². The van der Waals surface area contributed by atoms with Gasteiger partial charge in [-0.05, 0) is 35.9 Å². The highest BCUT2D eigenvalue weighted by Crippen LogP contribution is 2.37. The number of aliphatic hydroxyl groups excluding tert-OH is 1. The molecule has 0 unspecified atom stereocenters. The van der Waals surface area contributed by atoms with E-state index in [2.05, 4.69) is 9.97 Å². The van der Waals surface area contributed by atoms with E-state index in [1.807, 2.05) is 40.1 Å². The number of aliphatic hydroxyl groups is 1. The summed E-state index contributed by atoms with van der Waals surface area (Å²) in [4.78, 5) is 12.3. The first kappa shape index (κ1) is 20.9. The topological polar surface area (TPSA) is 86.6 Å². The minimum absolute atomic E-state index is 0.0657. The Balaban J connectivity index is 1.82. The fraction of sp³-hybridized carbons (Fsp3) is 0.200. The molecule has 2 aromatic carbocycles. The average Bonchev–Trinajstić information content (AvgIpc) is 2.72. The van der Waals surface area contributed by atoms with E-state index in [1.54, 1.807) is 12.1 Å². The first-order chi connectivity index (χ1) is 14.3. The van der Waals surface area contributed by atoms with Crippen LogP contribution in [-0.2, 0) is 23.0 Å². The summed E-state index contributed by atoms with van der Waals surface area (Å²) in [5.41, 5.74) is 3.11. The molecule has 0 amide bonds. The van der Waals surface area contributed by atoms with E-state index >= 15 is 0 Å². The number of hydrogen-bond acceptors (Lipinski definition) is 7. The lowest BCUT2D eigenvalue weighted by molar-refractivity contribution is 0.282. The molecule has 0 atom stereocenters. The number of aromatic nitrogens is 2. The molecule has 7 nitrogen and oxygen atoms in total. The van der Waals surface area contributed by atoms with Gasteiger partial charge in [-0.25, -0.2) is 18.4 Å². The predicted molar refractivity (Wildman–Crippen MR) is 117 cm³/mol. The molecule has 0 bridgehead atoms. The van der Waals surface area contributed by atoms with Crippen molar-refractivity contribution in [3.63, 3.8) is 0 Å². The second kappa shape index (κ2) is 8.03. The molecule has 0 fully saturated rings. The van der Waals surface area contributed by atoms with Crippen LogP contribution in [0, 0.1) is 0 Å². The zero-order valence-electron chi connectivity index (χ0n) is 16.0. The van der Waals surface area contributed by atoms with Crippen molar-refractivity contribution in [2.75, 3.05) is 22.7 Å². The van der Waals surface area contributed by atoms with Crippen LogP contribution in [0.5, 0.6) is 0 Å². The van der Waals surface area contributed by atoms with Gasteiger partial charge in [0, 0.05) is 35.3 Å². The van der Waals surface area contributed by atoms with Crippen molar-refractivity contribution >= 4 is 50.2 Å². The lowest BCUT2D eigenvalue weighted by atomic mass is 10.1. The molecule has 0 saturated heterocycles. The van der Waals surface area contributed by atoms with E-state index < -0.39 is 9.84 Å². The third-order valence-electron chi connectivity index (χ3n) is 4.76. The molecule has 30 heavy (non-hydrogen) atoms. The van der Waals surface area contributed by atoms with Gasteiger partial charge in [0.2, 0.25) is 15.0 Å². The molecule has 10 heteroatoms. The molecule has 4 rings (SSSR count). The van der Waals surface area contributed by atoms with Gasteiger partial charge in [0.15, 0.2) is 0 Å². The van der Waals surface area contributed by atoms with Gasteiger partial charge in [-0.15, -0.1) is 0 Å². The fourth-order valence-corrected chi connectivity index (χ4v) is 4.31. The molecule has 0 spiro atoms. The second-order valence-corrected chi connectivity index (χ2v) is 9.71. The molecular formula is C20H18Cl2N4O3S. The first-order valence-electron chi connectivity index (χ1n) is 8.99. The maximum absolute atomic E-state index is 12.0. The van der Waals surface area contributed by atoms with Crippen molar-refractivity contribution in [1.29, 1.82) is 0 Å². The van der Waals surface area contributed by atoms with E-state index in [0.29, 0.717) is 29.1 Å². The summed E-state index contributed by atoms with van der Waals surface area (Å²) in [7, 11) is -3.56. The fourth-order valence-electron chi connectivity index (χ4n) is 3.28. The minimum atomic E-state index is -3.56. The van der Waals surface area contributed by atoms with Crippen LogP contribution in [0.15, 0.2) is 53.8 Å². The number of benzene rings is 2. The van der Waals surface area contributed by atoms with Crippen LogP contribution >= 0.6 is 23.2 Å². The predicted octanol–water partition coefficient (Wildman–Crippen LogP) is 3.80. The van der Waals surface area contributed by atoms with Gasteiger partial charge in [0.1, 0.15) is 5.82 Å². The van der Waals surface area contributed by atoms with E-state index in [-0.39, 0.29) is 11.8 Å². The summed E-state index contributed by atoms with van der Waals surface area (Å²) in [6, 6.07) is 12.6. The van der Waals surface area contributed by atoms with Crippen LogP contribution in [0.4, 0.5) is 17.2 Å². The lowest BCUT2D eigenvalue weighted by Crippen LogP contribution is -2.41. The Morgan fingerprint density at radius 1 is 1.13 bits per heavy atom. The molecule has 1 N–H and O–H groups in total. The third-order valence-corrected chi connectivity index (χ3v) is 6.16. The second-order valence-electron chi connectivity index (χ2n) is 6.96. The highest BCUT2D eigenvalue weighted by Gasteiger charge is 2.28. The number of sulfone groups is 1. The normalized spacial score (nSPS) is 14.0. The smallest absolute Gasteiger partial charge is 0.248 e. The Hall–Kier alpha value is -2.39. The molecule has 0 aliphatic carbocycles. The van der Waals surface area contributed by atoms with Crippen LogP contribution in [0.3, 0.4) is 0 Å². The molecule has 3 aromatic rings. The largest absolute Gasteiger partial charge is 0.392 e. The summed E-state index contributed by atoms with van der Waals surface area (Å²) in [5.74, 6) is 0.517. The van der Waals surface area contributed by atoms with Crippen LogP contribution in [0.2, 0.25) is 10.0 Å². The van der Waals surface area contributed by atoms with Crippen molar-refractivity contribution in [3.8, 4) is 0 Å². The number of halogens is 2. The molecule has 0 saturated carbocycles. The zero-order valence-corrected chi connectivity index (χ0v) is 18.3. The van der Waals surface area contributed by atoms with E-state index in [0.717, 1.165) is 28.8 Å². The van der Waals surface area contributed by atoms with Crippen LogP contribution in [0.25, 0.3) is 0 Å². The third kappa shape index (κ3) is 4.09. The lowest BCUT2D eigenvalue weighted by Gasteiger charge is -2.39. The van der Waals surface area contributed by atoms with E-state index in [9.17, 15) is 13.5 Å². The van der Waals surface area contributed by atoms with E-state index in [4.69, 9.17) is 23.2 Å². The van der Waals surface area contributed by atoms with Gasteiger partial charge in [-0.2, -0.15) is 0 Å². The van der Waals surface area contributed by atoms with Gasteiger partial charge in [-0.1, -0.05) is 35.3 Å². The molecule has 156 valence electrons. The summed E-state index contributed by atoms with van der Waals surface area (Å²) in [6.07, 6.45) is 2.61. The number of nitrogens with zero attached hydrogens (tertiary/aromatic N) is 4. The Morgan fingerprint density at radius 3 is 2.50 bits per heavy atom. The number of fused-ring (bicyclic) bond motifs is 1. The Kier molecular flexibility index (Phi) is 5.59. The molecule has 0 radical (unpaired) electrons. The average molecular weight is 465 g/mol. The number of rotatable bonds is 4. The van der Waals surface area contributed by atoms with Crippen LogP contribution < -0.4 is 9.80 Å². The van der Waals surface area contributed by atoms with Crippen LogP contribution in [0.1, 0.15) is 11.1 Å². The van der Waals surface area contributed by atoms with Crippen molar-refractivity contribution in [2.45, 2.75) is 18.3 Å². The number of anilines is 3. The van der Waals surface area contributed by atoms with Crippen LogP contribution in [-0.4, -0.2) is 36.4 Å². The van der Waals surface area contributed by atoms with Gasteiger partial charge < -0.3 is 14.9 Å². The van der Waals surface area contributed by atoms with Crippen molar-refractivity contribution < 1.29 is 13.5 Å². The maximum atomic E-state index is 12.0. The Bertz CT molecular complexity index is 1200. The Morgan fingerprint density at radius 2 is 1.87 bits per heavy atom. The standard InChI is InChI=1S/C20H18Cl2N4O3S/c1-30(28,29)20-23-9-14-10-25(18-7-4-15(21)8-17(18)22)12-26(19(14)24-20)16-5-2-13(11-27)3-6-16/h2-9,27H,10-12H2,1H3. The van der Waals surface area contributed by atoms with Gasteiger partial charge in [-0.3, -0.25) is 0 Å². The minimum Gasteiger partial charge on any atom is -0.392 e. The summed E-state index contributed by atoms with van der Waals surface area (Å²) >= 11 is 12.5. The first-order valence-corrected chi connectivity index (χ1v) is 11.6. The van der Waals surface area contributed by atoms with Gasteiger partial charge in [0.25, 0.3) is 0 Å². The SMILES string of the molecule is CS(=O)(=O)c1ncc2c(n1)N(c1ccc(CO)cc1)CN(c1ccc(Cl)cc1Cl)C2. The molecule has 1 aromatic heterocycles. The number of hydrogen-bond donors (Lipinski definition) is 1. The maximum Gasteiger partial charge on any atom is 0.248 e. The summed E-state index contributed by atoms with van der Waals surface area (Å²) < 4.78 is 24.0. The highest BCUT2D eigenvalue weighted by molar-refractivity contribution is 7.90. The molecule has 1 aliphatic heterocycles. The summed E-state index contributed by atoms with van der Waals surface area (Å²) in [6.45, 7) is 0.767. The summed E-state index contributed by atoms with van der Waals surface area (Å²) in [5, 5.41) is 10.2. The molecular weight excluding hydrogens is 447 g/mol. The van der Waals surface area contributed by atoms with E-state index in [1.165, 1.54) is 6.20 Å².